The third-order valence-electron chi connectivity index (χ3n) is 2.99. The van der Waals surface area contributed by atoms with Crippen LogP contribution < -0.4 is 4.74 Å². The zero-order chi connectivity index (χ0) is 14.5. The molecule has 3 rings (SSSR count). The molecule has 2 aromatic carbocycles. The Morgan fingerprint density at radius 1 is 0.905 bits per heavy atom. The van der Waals surface area contributed by atoms with Crippen molar-refractivity contribution in [2.45, 2.75) is 6.61 Å². The smallest absolute Gasteiger partial charge is 0.247 e. The molecule has 1 aromatic heterocycles. The molecule has 3 nitrogen and oxygen atoms in total. The lowest BCUT2D eigenvalue weighted by atomic mass is 10.2. The molecule has 104 valence electrons. The predicted molar refractivity (Wildman–Crippen MR) is 85.9 cm³/mol. The van der Waals surface area contributed by atoms with Gasteiger partial charge in [0.2, 0.25) is 5.88 Å². The zero-order valence-corrected chi connectivity index (χ0v) is 12.8. The van der Waals surface area contributed by atoms with E-state index in [4.69, 9.17) is 4.74 Å². The first-order chi connectivity index (χ1) is 10.3. The van der Waals surface area contributed by atoms with E-state index < -0.39 is 0 Å². The molecule has 3 aromatic rings. The molecular weight excluding hydrogens is 328 g/mol. The second-order valence-electron chi connectivity index (χ2n) is 4.49. The van der Waals surface area contributed by atoms with Crippen LogP contribution in [0.1, 0.15) is 5.56 Å². The zero-order valence-electron chi connectivity index (χ0n) is 11.2. The van der Waals surface area contributed by atoms with Gasteiger partial charge in [-0.2, -0.15) is 0 Å². The number of halogens is 1. The van der Waals surface area contributed by atoms with E-state index >= 15 is 0 Å². The Morgan fingerprint density at radius 2 is 1.57 bits per heavy atom. The Bertz CT molecular complexity index is 717. The third-order valence-corrected chi connectivity index (χ3v) is 3.50. The van der Waals surface area contributed by atoms with E-state index in [2.05, 4.69) is 25.9 Å². The normalized spacial score (nSPS) is 10.3. The lowest BCUT2D eigenvalue weighted by Gasteiger charge is -2.08. The fraction of sp³-hybridized carbons (Fsp3) is 0.0588. The first-order valence-corrected chi connectivity index (χ1v) is 7.37. The van der Waals surface area contributed by atoms with Crippen molar-refractivity contribution in [3.8, 4) is 17.1 Å². The minimum Gasteiger partial charge on any atom is -0.471 e. The molecule has 0 unspecified atom stereocenters. The van der Waals surface area contributed by atoms with E-state index in [9.17, 15) is 0 Å². The topological polar surface area (TPSA) is 35.0 Å². The Kier molecular flexibility index (Phi) is 4.26. The van der Waals surface area contributed by atoms with E-state index in [1.807, 2.05) is 60.7 Å². The highest BCUT2D eigenvalue weighted by atomic mass is 79.9. The van der Waals surface area contributed by atoms with Crippen LogP contribution in [-0.2, 0) is 6.61 Å². The van der Waals surface area contributed by atoms with Crippen molar-refractivity contribution in [2.24, 2.45) is 0 Å². The van der Waals surface area contributed by atoms with Crippen molar-refractivity contribution >= 4 is 15.9 Å². The highest BCUT2D eigenvalue weighted by molar-refractivity contribution is 9.10. The molecule has 0 aliphatic rings. The number of ether oxygens (including phenoxy) is 1. The summed E-state index contributed by atoms with van der Waals surface area (Å²) in [5, 5.41) is 0. The van der Waals surface area contributed by atoms with Gasteiger partial charge in [-0.1, -0.05) is 60.7 Å². The van der Waals surface area contributed by atoms with E-state index in [1.165, 1.54) is 0 Å². The van der Waals surface area contributed by atoms with Crippen LogP contribution >= 0.6 is 15.9 Å². The van der Waals surface area contributed by atoms with Crippen molar-refractivity contribution in [3.63, 3.8) is 0 Å². The van der Waals surface area contributed by atoms with Crippen LogP contribution in [0.4, 0.5) is 0 Å². The van der Waals surface area contributed by atoms with Gasteiger partial charge < -0.3 is 4.74 Å². The molecule has 0 aliphatic heterocycles. The fourth-order valence-electron chi connectivity index (χ4n) is 1.93. The van der Waals surface area contributed by atoms with E-state index in [-0.39, 0.29) is 0 Å². The summed E-state index contributed by atoms with van der Waals surface area (Å²) in [6.45, 7) is 0.471. The van der Waals surface area contributed by atoms with Crippen molar-refractivity contribution in [1.82, 2.24) is 9.97 Å². The van der Waals surface area contributed by atoms with Gasteiger partial charge in [0.05, 0.1) is 11.9 Å². The molecule has 4 heteroatoms. The summed E-state index contributed by atoms with van der Waals surface area (Å²) in [6, 6.07) is 19.9. The first-order valence-electron chi connectivity index (χ1n) is 6.57. The Balaban J connectivity index is 1.76. The highest BCUT2D eigenvalue weighted by Gasteiger charge is 2.08. The SMILES string of the molecule is Brc1nc(-c2ccccc2)cnc1OCc1ccccc1. The number of hydrogen-bond donors (Lipinski definition) is 0. The van der Waals surface area contributed by atoms with Crippen LogP contribution in [0.5, 0.6) is 5.88 Å². The second-order valence-corrected chi connectivity index (χ2v) is 5.24. The van der Waals surface area contributed by atoms with Crippen LogP contribution in [0.25, 0.3) is 11.3 Å². The number of nitrogens with zero attached hydrogens (tertiary/aromatic N) is 2. The van der Waals surface area contributed by atoms with Crippen LogP contribution in [0, 0.1) is 0 Å². The third kappa shape index (κ3) is 3.47. The monoisotopic (exact) mass is 340 g/mol. The molecule has 0 saturated heterocycles. The maximum Gasteiger partial charge on any atom is 0.247 e. The van der Waals surface area contributed by atoms with Gasteiger partial charge in [-0.3, -0.25) is 0 Å². The number of aromatic nitrogens is 2. The van der Waals surface area contributed by atoms with Gasteiger partial charge in [0.15, 0.2) is 4.60 Å². The molecule has 1 heterocycles. The van der Waals surface area contributed by atoms with Gasteiger partial charge in [0.25, 0.3) is 0 Å². The maximum atomic E-state index is 5.69. The van der Waals surface area contributed by atoms with E-state index in [0.29, 0.717) is 17.1 Å². The molecule has 0 fully saturated rings. The van der Waals surface area contributed by atoms with E-state index in [1.54, 1.807) is 6.20 Å². The van der Waals surface area contributed by atoms with Gasteiger partial charge >= 0.3 is 0 Å². The van der Waals surface area contributed by atoms with Crippen LogP contribution in [0.3, 0.4) is 0 Å². The number of benzene rings is 2. The van der Waals surface area contributed by atoms with Crippen molar-refractivity contribution < 1.29 is 4.74 Å². The van der Waals surface area contributed by atoms with Gasteiger partial charge in [0.1, 0.15) is 6.61 Å². The molecule has 21 heavy (non-hydrogen) atoms. The summed E-state index contributed by atoms with van der Waals surface area (Å²) < 4.78 is 6.30. The van der Waals surface area contributed by atoms with Crippen molar-refractivity contribution in [1.29, 1.82) is 0 Å². The molecule has 0 saturated carbocycles. The molecule has 0 radical (unpaired) electrons. The Hall–Kier alpha value is -2.20. The summed E-state index contributed by atoms with van der Waals surface area (Å²) in [7, 11) is 0. The highest BCUT2D eigenvalue weighted by Crippen LogP contribution is 2.25. The standard InChI is InChI=1S/C17H13BrN2O/c18-16-17(21-12-13-7-3-1-4-8-13)19-11-15(20-16)14-9-5-2-6-10-14/h1-11H,12H2. The van der Waals surface area contributed by atoms with Gasteiger partial charge in [-0.15, -0.1) is 0 Å². The predicted octanol–water partition coefficient (Wildman–Crippen LogP) is 4.49. The average Bonchev–Trinajstić information content (AvgIpc) is 2.55. The minimum absolute atomic E-state index is 0.471. The first kappa shape index (κ1) is 13.8. The molecule has 0 amide bonds. The summed E-state index contributed by atoms with van der Waals surface area (Å²) in [5.41, 5.74) is 2.94. The molecule has 0 N–H and O–H groups in total. The fourth-order valence-corrected chi connectivity index (χ4v) is 2.33. The number of rotatable bonds is 4. The lowest BCUT2D eigenvalue weighted by Crippen LogP contribution is -1.99. The minimum atomic E-state index is 0.471. The number of hydrogen-bond acceptors (Lipinski definition) is 3. The van der Waals surface area contributed by atoms with Crippen LogP contribution in [0.2, 0.25) is 0 Å². The van der Waals surface area contributed by atoms with E-state index in [0.717, 1.165) is 16.8 Å². The maximum absolute atomic E-state index is 5.69. The Labute approximate surface area is 131 Å². The van der Waals surface area contributed by atoms with Gasteiger partial charge in [0, 0.05) is 5.56 Å². The summed E-state index contributed by atoms with van der Waals surface area (Å²) in [6.07, 6.45) is 1.72. The largest absolute Gasteiger partial charge is 0.471 e. The summed E-state index contributed by atoms with van der Waals surface area (Å²) in [5.74, 6) is 0.499. The lowest BCUT2D eigenvalue weighted by molar-refractivity contribution is 0.290. The molecule has 0 aliphatic carbocycles. The Morgan fingerprint density at radius 3 is 2.24 bits per heavy atom. The summed E-state index contributed by atoms with van der Waals surface area (Å²) in [4.78, 5) is 8.82. The van der Waals surface area contributed by atoms with Gasteiger partial charge in [-0.05, 0) is 21.5 Å². The van der Waals surface area contributed by atoms with Crippen LogP contribution in [0.15, 0.2) is 71.5 Å². The van der Waals surface area contributed by atoms with Crippen molar-refractivity contribution in [3.05, 3.63) is 77.0 Å². The average molecular weight is 341 g/mol. The molecule has 0 atom stereocenters. The van der Waals surface area contributed by atoms with Crippen LogP contribution in [-0.4, -0.2) is 9.97 Å². The second kappa shape index (κ2) is 6.50. The van der Waals surface area contributed by atoms with Crippen molar-refractivity contribution in [2.75, 3.05) is 0 Å². The quantitative estimate of drug-likeness (QED) is 0.702. The molecule has 0 spiro atoms. The molecular formula is C17H13BrN2O. The summed E-state index contributed by atoms with van der Waals surface area (Å²) >= 11 is 3.42. The molecule has 0 bridgehead atoms. The van der Waals surface area contributed by atoms with Gasteiger partial charge in [-0.25, -0.2) is 9.97 Å².